The highest BCUT2D eigenvalue weighted by molar-refractivity contribution is 7.99. The molecule has 0 aliphatic rings. The third-order valence-electron chi connectivity index (χ3n) is 3.11. The first kappa shape index (κ1) is 14.9. The number of hydrogen-bond donors (Lipinski definition) is 2. The number of nitrogens with two attached hydrogens (primary N) is 1. The molecule has 0 fully saturated rings. The van der Waals surface area contributed by atoms with Crippen molar-refractivity contribution >= 4 is 28.7 Å². The van der Waals surface area contributed by atoms with Gasteiger partial charge in [-0.2, -0.15) is 5.26 Å². The molecule has 0 saturated carbocycles. The van der Waals surface area contributed by atoms with Crippen molar-refractivity contribution in [3.05, 3.63) is 24.0 Å². The van der Waals surface area contributed by atoms with Crippen molar-refractivity contribution in [2.24, 2.45) is 0 Å². The SMILES string of the molecule is COc1cc(C#N)c(Sc2nc3ncnc(N)c3[nH]2)cc1OC. The van der Waals surface area contributed by atoms with Gasteiger partial charge in [-0.25, -0.2) is 15.0 Å². The molecule has 0 unspecified atom stereocenters. The van der Waals surface area contributed by atoms with Crippen LogP contribution in [-0.2, 0) is 0 Å². The first-order valence-electron chi connectivity index (χ1n) is 6.46. The van der Waals surface area contributed by atoms with Crippen LogP contribution in [0.3, 0.4) is 0 Å². The maximum atomic E-state index is 9.33. The van der Waals surface area contributed by atoms with Crippen molar-refractivity contribution in [2.45, 2.75) is 10.1 Å². The molecule has 3 N–H and O–H groups in total. The fourth-order valence-electron chi connectivity index (χ4n) is 2.01. The van der Waals surface area contributed by atoms with Crippen LogP contribution in [0.5, 0.6) is 11.5 Å². The summed E-state index contributed by atoms with van der Waals surface area (Å²) in [5.41, 5.74) is 7.27. The van der Waals surface area contributed by atoms with Crippen molar-refractivity contribution < 1.29 is 9.47 Å². The van der Waals surface area contributed by atoms with Gasteiger partial charge in [0.15, 0.2) is 28.1 Å². The number of aromatic nitrogens is 4. The van der Waals surface area contributed by atoms with Crippen LogP contribution in [0.15, 0.2) is 28.5 Å². The summed E-state index contributed by atoms with van der Waals surface area (Å²) >= 11 is 1.27. The van der Waals surface area contributed by atoms with Gasteiger partial charge in [-0.3, -0.25) is 0 Å². The molecule has 0 bridgehead atoms. The van der Waals surface area contributed by atoms with E-state index in [9.17, 15) is 5.26 Å². The van der Waals surface area contributed by atoms with Gasteiger partial charge in [0.2, 0.25) is 0 Å². The number of nitrogens with zero attached hydrogens (tertiary/aromatic N) is 4. The van der Waals surface area contributed by atoms with E-state index in [1.54, 1.807) is 12.1 Å². The third kappa shape index (κ3) is 2.72. The maximum absolute atomic E-state index is 9.33. The maximum Gasteiger partial charge on any atom is 0.183 e. The fourth-order valence-corrected chi connectivity index (χ4v) is 2.88. The van der Waals surface area contributed by atoms with E-state index in [1.165, 1.54) is 32.3 Å². The zero-order valence-corrected chi connectivity index (χ0v) is 13.1. The van der Waals surface area contributed by atoms with Crippen LogP contribution < -0.4 is 15.2 Å². The molecule has 9 heteroatoms. The highest BCUT2D eigenvalue weighted by atomic mass is 32.2. The lowest BCUT2D eigenvalue weighted by Crippen LogP contribution is -1.93. The van der Waals surface area contributed by atoms with Crippen LogP contribution >= 0.6 is 11.8 Å². The monoisotopic (exact) mass is 328 g/mol. The smallest absolute Gasteiger partial charge is 0.183 e. The molecule has 0 atom stereocenters. The zero-order chi connectivity index (χ0) is 16.4. The number of nitriles is 1. The second-order valence-electron chi connectivity index (χ2n) is 4.42. The number of fused-ring (bicyclic) bond motifs is 1. The lowest BCUT2D eigenvalue weighted by molar-refractivity contribution is 0.354. The number of methoxy groups -OCH3 is 2. The molecule has 0 amide bonds. The van der Waals surface area contributed by atoms with Gasteiger partial charge in [0.1, 0.15) is 17.9 Å². The highest BCUT2D eigenvalue weighted by Crippen LogP contribution is 2.37. The van der Waals surface area contributed by atoms with E-state index in [1.807, 2.05) is 0 Å². The van der Waals surface area contributed by atoms with Crippen molar-refractivity contribution in [1.82, 2.24) is 19.9 Å². The summed E-state index contributed by atoms with van der Waals surface area (Å²) in [6.07, 6.45) is 1.35. The van der Waals surface area contributed by atoms with Gasteiger partial charge < -0.3 is 20.2 Å². The Morgan fingerprint density at radius 3 is 2.61 bits per heavy atom. The van der Waals surface area contributed by atoms with Crippen molar-refractivity contribution in [2.75, 3.05) is 20.0 Å². The normalized spacial score (nSPS) is 10.5. The average Bonchev–Trinajstić information content (AvgIpc) is 2.98. The van der Waals surface area contributed by atoms with E-state index in [4.69, 9.17) is 15.2 Å². The zero-order valence-electron chi connectivity index (χ0n) is 12.3. The van der Waals surface area contributed by atoms with Crippen LogP contribution in [0.4, 0.5) is 5.82 Å². The van der Waals surface area contributed by atoms with Crippen LogP contribution in [0, 0.1) is 11.3 Å². The molecule has 23 heavy (non-hydrogen) atoms. The Morgan fingerprint density at radius 2 is 1.96 bits per heavy atom. The number of imidazole rings is 1. The number of hydrogen-bond acceptors (Lipinski definition) is 8. The van der Waals surface area contributed by atoms with E-state index in [-0.39, 0.29) is 0 Å². The summed E-state index contributed by atoms with van der Waals surface area (Å²) in [5.74, 6) is 1.35. The summed E-state index contributed by atoms with van der Waals surface area (Å²) < 4.78 is 10.5. The number of nitrogen functional groups attached to an aromatic ring is 1. The largest absolute Gasteiger partial charge is 0.493 e. The van der Waals surface area contributed by atoms with E-state index < -0.39 is 0 Å². The summed E-state index contributed by atoms with van der Waals surface area (Å²) in [4.78, 5) is 16.0. The Hall–Kier alpha value is -2.99. The molecule has 0 radical (unpaired) electrons. The Bertz CT molecular complexity index is 918. The molecule has 0 aliphatic heterocycles. The second kappa shape index (κ2) is 6.02. The minimum Gasteiger partial charge on any atom is -0.493 e. The number of ether oxygens (including phenoxy) is 2. The number of anilines is 1. The fraction of sp³-hybridized carbons (Fsp3) is 0.143. The van der Waals surface area contributed by atoms with Crippen molar-refractivity contribution in [1.29, 1.82) is 5.26 Å². The highest BCUT2D eigenvalue weighted by Gasteiger charge is 2.15. The predicted octanol–water partition coefficient (Wildman–Crippen LogP) is 1.98. The first-order chi connectivity index (χ1) is 11.2. The van der Waals surface area contributed by atoms with Crippen LogP contribution in [0.1, 0.15) is 5.56 Å². The topological polar surface area (TPSA) is 123 Å². The van der Waals surface area contributed by atoms with Gasteiger partial charge in [0.25, 0.3) is 0 Å². The van der Waals surface area contributed by atoms with Crippen molar-refractivity contribution in [3.63, 3.8) is 0 Å². The minimum atomic E-state index is 0.321. The second-order valence-corrected chi connectivity index (χ2v) is 5.45. The minimum absolute atomic E-state index is 0.321. The van der Waals surface area contributed by atoms with Crippen molar-refractivity contribution in [3.8, 4) is 17.6 Å². The quantitative estimate of drug-likeness (QED) is 0.745. The standard InChI is InChI=1S/C14H12N6O2S/c1-21-8-3-7(5-15)10(4-9(8)22-2)23-14-19-11-12(16)17-6-18-13(11)20-14/h3-4,6H,1-2H3,(H3,16,17,18,19,20). The molecule has 2 heterocycles. The van der Waals surface area contributed by atoms with Gasteiger partial charge in [-0.15, -0.1) is 0 Å². The predicted molar refractivity (Wildman–Crippen MR) is 84.5 cm³/mol. The average molecular weight is 328 g/mol. The molecule has 0 aliphatic carbocycles. The van der Waals surface area contributed by atoms with Gasteiger partial charge in [0.05, 0.1) is 19.8 Å². The first-order valence-corrected chi connectivity index (χ1v) is 7.28. The summed E-state index contributed by atoms with van der Waals surface area (Å²) in [6, 6.07) is 5.49. The molecule has 3 aromatic rings. The Morgan fingerprint density at radius 1 is 1.22 bits per heavy atom. The number of nitrogens with one attached hydrogen (secondary N) is 1. The molecule has 0 saturated heterocycles. The lowest BCUT2D eigenvalue weighted by Gasteiger charge is -2.10. The summed E-state index contributed by atoms with van der Waals surface area (Å²) in [7, 11) is 3.06. The molecule has 2 aromatic heterocycles. The van der Waals surface area contributed by atoms with E-state index >= 15 is 0 Å². The number of rotatable bonds is 4. The lowest BCUT2D eigenvalue weighted by atomic mass is 10.2. The van der Waals surface area contributed by atoms with Gasteiger partial charge in [-0.05, 0) is 6.07 Å². The molecular formula is C14H12N6O2S. The van der Waals surface area contributed by atoms with E-state index in [2.05, 4.69) is 26.0 Å². The number of benzene rings is 1. The number of aromatic amines is 1. The molecule has 8 nitrogen and oxygen atoms in total. The molecule has 116 valence electrons. The van der Waals surface area contributed by atoms with Crippen LogP contribution in [0.25, 0.3) is 11.2 Å². The Kier molecular flexibility index (Phi) is 3.91. The van der Waals surface area contributed by atoms with Gasteiger partial charge >= 0.3 is 0 Å². The molecule has 3 rings (SSSR count). The van der Waals surface area contributed by atoms with E-state index in [0.717, 1.165) is 0 Å². The van der Waals surface area contributed by atoms with Gasteiger partial charge in [-0.1, -0.05) is 11.8 Å². The van der Waals surface area contributed by atoms with E-state index in [0.29, 0.717) is 44.1 Å². The van der Waals surface area contributed by atoms with Crippen LogP contribution in [-0.4, -0.2) is 34.2 Å². The van der Waals surface area contributed by atoms with Gasteiger partial charge in [0, 0.05) is 11.0 Å². The number of H-pyrrole nitrogens is 1. The summed E-state index contributed by atoms with van der Waals surface area (Å²) in [5, 5.41) is 9.88. The Labute approximate surface area is 135 Å². The molecular weight excluding hydrogens is 316 g/mol. The van der Waals surface area contributed by atoms with Crippen LogP contribution in [0.2, 0.25) is 0 Å². The third-order valence-corrected chi connectivity index (χ3v) is 4.05. The molecule has 0 spiro atoms. The Balaban J connectivity index is 2.04. The summed E-state index contributed by atoms with van der Waals surface area (Å²) in [6.45, 7) is 0. The molecule has 1 aromatic carbocycles.